The van der Waals surface area contributed by atoms with Gasteiger partial charge in [-0.05, 0) is 30.5 Å². The molecule has 0 unspecified atom stereocenters. The van der Waals surface area contributed by atoms with E-state index in [0.717, 1.165) is 18.4 Å². The van der Waals surface area contributed by atoms with E-state index >= 15 is 0 Å². The van der Waals surface area contributed by atoms with Crippen LogP contribution in [0.25, 0.3) is 0 Å². The monoisotopic (exact) mass is 328 g/mol. The van der Waals surface area contributed by atoms with Crippen LogP contribution in [0, 0.1) is 0 Å². The molecule has 24 heavy (non-hydrogen) atoms. The maximum atomic E-state index is 12.5. The first-order valence-corrected chi connectivity index (χ1v) is 8.00. The van der Waals surface area contributed by atoms with Crippen molar-refractivity contribution in [1.82, 2.24) is 4.57 Å². The summed E-state index contributed by atoms with van der Waals surface area (Å²) in [5.74, 6) is 0. The highest BCUT2D eigenvalue weighted by atomic mass is 16.5. The molecular weight excluding hydrogens is 308 g/mol. The zero-order valence-corrected chi connectivity index (χ0v) is 13.3. The van der Waals surface area contributed by atoms with Crippen LogP contribution in [0.15, 0.2) is 53.5 Å². The second-order valence-electron chi connectivity index (χ2n) is 5.66. The average molecular weight is 328 g/mol. The van der Waals surface area contributed by atoms with Gasteiger partial charge in [0.05, 0.1) is 0 Å². The molecule has 3 rings (SSSR count). The first-order valence-electron chi connectivity index (χ1n) is 8.00. The molecule has 2 heterocycles. The van der Waals surface area contributed by atoms with Crippen LogP contribution in [0.4, 0.5) is 10.5 Å². The number of pyridine rings is 1. The van der Waals surface area contributed by atoms with Crippen molar-refractivity contribution in [2.24, 2.45) is 0 Å². The van der Waals surface area contributed by atoms with Gasteiger partial charge in [-0.1, -0.05) is 30.3 Å². The topological polar surface area (TPSA) is 69.6 Å². The van der Waals surface area contributed by atoms with Crippen LogP contribution < -0.4 is 10.9 Å². The van der Waals surface area contributed by atoms with Crippen LogP contribution in [-0.2, 0) is 16.1 Å². The number of carbonyl (C=O) groups is 1. The number of rotatable bonds is 4. The van der Waals surface area contributed by atoms with E-state index in [1.807, 2.05) is 30.3 Å². The normalized spacial score (nSPS) is 15.0. The summed E-state index contributed by atoms with van der Waals surface area (Å²) in [6.45, 7) is 1.45. The van der Waals surface area contributed by atoms with Gasteiger partial charge in [-0.15, -0.1) is 0 Å². The SMILES string of the molecule is O=C(Nc1cccn(C2CCOCC2)c1=O)OCc1ccccc1. The smallest absolute Gasteiger partial charge is 0.412 e. The third-order valence-corrected chi connectivity index (χ3v) is 4.01. The highest BCUT2D eigenvalue weighted by Gasteiger charge is 2.18. The Balaban J connectivity index is 1.64. The van der Waals surface area contributed by atoms with Crippen LogP contribution >= 0.6 is 0 Å². The molecule has 0 saturated carbocycles. The third kappa shape index (κ3) is 4.02. The summed E-state index contributed by atoms with van der Waals surface area (Å²) < 4.78 is 12.1. The number of nitrogens with one attached hydrogen (secondary N) is 1. The zero-order valence-electron chi connectivity index (χ0n) is 13.3. The Morgan fingerprint density at radius 2 is 1.92 bits per heavy atom. The number of hydrogen-bond donors (Lipinski definition) is 1. The lowest BCUT2D eigenvalue weighted by molar-refractivity contribution is 0.0687. The standard InChI is InChI=1S/C18H20N2O4/c21-17-16(7-4-10-20(17)15-8-11-23-12-9-15)19-18(22)24-13-14-5-2-1-3-6-14/h1-7,10,15H,8-9,11-13H2,(H,19,22). The molecule has 6 heteroatoms. The molecule has 1 saturated heterocycles. The molecule has 1 aromatic carbocycles. The van der Waals surface area contributed by atoms with Crippen molar-refractivity contribution >= 4 is 11.8 Å². The number of nitrogens with zero attached hydrogens (tertiary/aromatic N) is 1. The van der Waals surface area contributed by atoms with Crippen molar-refractivity contribution in [1.29, 1.82) is 0 Å². The highest BCUT2D eigenvalue weighted by molar-refractivity contribution is 5.84. The number of carbonyl (C=O) groups excluding carboxylic acids is 1. The number of anilines is 1. The van der Waals surface area contributed by atoms with Gasteiger partial charge in [0.15, 0.2) is 0 Å². The van der Waals surface area contributed by atoms with Gasteiger partial charge in [0.1, 0.15) is 12.3 Å². The average Bonchev–Trinajstić information content (AvgIpc) is 2.63. The number of hydrogen-bond acceptors (Lipinski definition) is 4. The number of amides is 1. The van der Waals surface area contributed by atoms with Crippen LogP contribution in [0.1, 0.15) is 24.4 Å². The van der Waals surface area contributed by atoms with Crippen LogP contribution in [0.3, 0.4) is 0 Å². The van der Waals surface area contributed by atoms with Gasteiger partial charge in [0.25, 0.3) is 5.56 Å². The third-order valence-electron chi connectivity index (χ3n) is 4.01. The minimum absolute atomic E-state index is 0.105. The molecule has 0 aliphatic carbocycles. The summed E-state index contributed by atoms with van der Waals surface area (Å²) in [6.07, 6.45) is 2.70. The zero-order chi connectivity index (χ0) is 16.8. The Morgan fingerprint density at radius 3 is 2.67 bits per heavy atom. The fraction of sp³-hybridized carbons (Fsp3) is 0.333. The molecule has 1 aliphatic rings. The van der Waals surface area contributed by atoms with E-state index in [1.165, 1.54) is 0 Å². The van der Waals surface area contributed by atoms with E-state index in [4.69, 9.17) is 9.47 Å². The lowest BCUT2D eigenvalue weighted by atomic mass is 10.1. The fourth-order valence-corrected chi connectivity index (χ4v) is 2.73. The summed E-state index contributed by atoms with van der Waals surface area (Å²) in [7, 11) is 0. The maximum Gasteiger partial charge on any atom is 0.412 e. The second-order valence-corrected chi connectivity index (χ2v) is 5.66. The Hall–Kier alpha value is -2.60. The lowest BCUT2D eigenvalue weighted by Gasteiger charge is -2.24. The van der Waals surface area contributed by atoms with E-state index in [-0.39, 0.29) is 23.9 Å². The molecule has 1 fully saturated rings. The largest absolute Gasteiger partial charge is 0.444 e. The van der Waals surface area contributed by atoms with E-state index in [9.17, 15) is 9.59 Å². The molecule has 126 valence electrons. The van der Waals surface area contributed by atoms with Gasteiger partial charge in [-0.3, -0.25) is 10.1 Å². The highest BCUT2D eigenvalue weighted by Crippen LogP contribution is 2.19. The molecule has 1 aliphatic heterocycles. The van der Waals surface area contributed by atoms with Crippen molar-refractivity contribution < 1.29 is 14.3 Å². The summed E-state index contributed by atoms with van der Waals surface area (Å²) in [5, 5.41) is 2.53. The maximum absolute atomic E-state index is 12.5. The Labute approximate surface area is 140 Å². The minimum atomic E-state index is -0.638. The van der Waals surface area contributed by atoms with E-state index in [0.29, 0.717) is 13.2 Å². The predicted octanol–water partition coefficient (Wildman–Crippen LogP) is 2.95. The van der Waals surface area contributed by atoms with Crippen LogP contribution in [0.2, 0.25) is 0 Å². The molecule has 1 aromatic heterocycles. The molecule has 1 N–H and O–H groups in total. The summed E-state index contributed by atoms with van der Waals surface area (Å²) in [5.41, 5.74) is 0.892. The van der Waals surface area contributed by atoms with Crippen LogP contribution in [0.5, 0.6) is 0 Å². The number of ether oxygens (including phenoxy) is 2. The summed E-state index contributed by atoms with van der Waals surface area (Å²) in [6, 6.07) is 12.8. The van der Waals surface area contributed by atoms with Gasteiger partial charge in [0, 0.05) is 25.5 Å². The molecule has 0 bridgehead atoms. The fourth-order valence-electron chi connectivity index (χ4n) is 2.73. The van der Waals surface area contributed by atoms with Gasteiger partial charge in [-0.25, -0.2) is 4.79 Å². The van der Waals surface area contributed by atoms with Gasteiger partial charge in [-0.2, -0.15) is 0 Å². The molecular formula is C18H20N2O4. The van der Waals surface area contributed by atoms with Crippen molar-refractivity contribution in [3.8, 4) is 0 Å². The molecule has 6 nitrogen and oxygen atoms in total. The second kappa shape index (κ2) is 7.79. The van der Waals surface area contributed by atoms with Crippen molar-refractivity contribution in [2.45, 2.75) is 25.5 Å². The van der Waals surface area contributed by atoms with Gasteiger partial charge in [0.2, 0.25) is 0 Å². The number of benzene rings is 1. The molecule has 1 amide bonds. The Kier molecular flexibility index (Phi) is 5.28. The Morgan fingerprint density at radius 1 is 1.17 bits per heavy atom. The van der Waals surface area contributed by atoms with Crippen LogP contribution in [-0.4, -0.2) is 23.9 Å². The van der Waals surface area contributed by atoms with Gasteiger partial charge >= 0.3 is 6.09 Å². The van der Waals surface area contributed by atoms with Gasteiger partial charge < -0.3 is 14.0 Å². The van der Waals surface area contributed by atoms with Crippen molar-refractivity contribution in [3.05, 3.63) is 64.6 Å². The van der Waals surface area contributed by atoms with E-state index < -0.39 is 6.09 Å². The lowest BCUT2D eigenvalue weighted by Crippen LogP contribution is -2.31. The van der Waals surface area contributed by atoms with E-state index in [2.05, 4.69) is 5.32 Å². The first kappa shape index (κ1) is 16.3. The molecule has 2 aromatic rings. The Bertz CT molecular complexity index is 736. The predicted molar refractivity (Wildman–Crippen MR) is 90.0 cm³/mol. The number of aromatic nitrogens is 1. The van der Waals surface area contributed by atoms with E-state index in [1.54, 1.807) is 22.9 Å². The summed E-state index contributed by atoms with van der Waals surface area (Å²) >= 11 is 0. The molecule has 0 spiro atoms. The molecule has 0 atom stereocenters. The van der Waals surface area contributed by atoms with Crippen molar-refractivity contribution in [2.75, 3.05) is 18.5 Å². The summed E-state index contributed by atoms with van der Waals surface area (Å²) in [4.78, 5) is 24.5. The quantitative estimate of drug-likeness (QED) is 0.937. The molecule has 0 radical (unpaired) electrons. The van der Waals surface area contributed by atoms with Crippen molar-refractivity contribution in [3.63, 3.8) is 0 Å². The first-order chi connectivity index (χ1) is 11.7. The minimum Gasteiger partial charge on any atom is -0.444 e.